The molecule has 1 N–H and O–H groups in total. The van der Waals surface area contributed by atoms with Crippen LogP contribution in [-0.4, -0.2) is 25.1 Å². The third kappa shape index (κ3) is 3.82. The summed E-state index contributed by atoms with van der Waals surface area (Å²) in [6, 6.07) is 22.8. The first kappa shape index (κ1) is 19.5. The highest BCUT2D eigenvalue weighted by Gasteiger charge is 2.16. The van der Waals surface area contributed by atoms with Gasteiger partial charge in [0.2, 0.25) is 0 Å². The smallest absolute Gasteiger partial charge is 0.256 e. The number of carbonyl (C=O) groups excluding carboxylic acids is 1. The summed E-state index contributed by atoms with van der Waals surface area (Å²) in [5, 5.41) is 3.75. The molecule has 0 fully saturated rings. The van der Waals surface area contributed by atoms with Crippen LogP contribution in [0, 0.1) is 6.92 Å². The number of nitrogens with zero attached hydrogens (tertiary/aromatic N) is 1. The van der Waals surface area contributed by atoms with Gasteiger partial charge in [0.05, 0.1) is 36.7 Å². The normalized spacial score (nSPS) is 10.6. The Morgan fingerprint density at radius 3 is 2.40 bits per heavy atom. The molecule has 5 nitrogen and oxygen atoms in total. The highest BCUT2D eigenvalue weighted by atomic mass is 16.5. The van der Waals surface area contributed by atoms with E-state index >= 15 is 0 Å². The van der Waals surface area contributed by atoms with Crippen molar-refractivity contribution in [2.45, 2.75) is 6.92 Å². The predicted octanol–water partition coefficient (Wildman–Crippen LogP) is 5.48. The largest absolute Gasteiger partial charge is 0.497 e. The molecule has 0 radical (unpaired) electrons. The van der Waals surface area contributed by atoms with Crippen molar-refractivity contribution in [2.24, 2.45) is 0 Å². The van der Waals surface area contributed by atoms with E-state index in [9.17, 15) is 4.79 Å². The van der Waals surface area contributed by atoms with E-state index in [4.69, 9.17) is 14.5 Å². The fourth-order valence-corrected chi connectivity index (χ4v) is 3.33. The molecule has 0 saturated heterocycles. The second kappa shape index (κ2) is 8.25. The van der Waals surface area contributed by atoms with Crippen molar-refractivity contribution in [1.82, 2.24) is 4.98 Å². The van der Waals surface area contributed by atoms with Crippen molar-refractivity contribution < 1.29 is 14.3 Å². The minimum atomic E-state index is -0.231. The first-order valence-electron chi connectivity index (χ1n) is 9.59. The Hall–Kier alpha value is -3.86. The number of hydrogen-bond donors (Lipinski definition) is 1. The summed E-state index contributed by atoms with van der Waals surface area (Å²) in [5.74, 6) is 0.950. The van der Waals surface area contributed by atoms with Crippen LogP contribution in [0.15, 0.2) is 72.8 Å². The van der Waals surface area contributed by atoms with Gasteiger partial charge in [0.25, 0.3) is 5.91 Å². The van der Waals surface area contributed by atoms with Crippen LogP contribution in [0.1, 0.15) is 15.9 Å². The summed E-state index contributed by atoms with van der Waals surface area (Å²) in [6.45, 7) is 2.04. The quantitative estimate of drug-likeness (QED) is 0.484. The standard InChI is InChI=1S/C25H22N2O3/c1-16-8-10-17(11-9-16)23-15-20(19-6-4-5-7-21(19)26-23)25(28)27-22-13-12-18(29-2)14-24(22)30-3/h4-15H,1-3H3,(H,27,28). The third-order valence-corrected chi connectivity index (χ3v) is 4.97. The zero-order valence-electron chi connectivity index (χ0n) is 17.1. The summed E-state index contributed by atoms with van der Waals surface area (Å²) in [6.07, 6.45) is 0. The van der Waals surface area contributed by atoms with E-state index < -0.39 is 0 Å². The first-order valence-corrected chi connectivity index (χ1v) is 9.59. The molecule has 0 atom stereocenters. The Labute approximate surface area is 175 Å². The Morgan fingerprint density at radius 1 is 0.900 bits per heavy atom. The molecule has 3 aromatic carbocycles. The molecule has 30 heavy (non-hydrogen) atoms. The number of anilines is 1. The molecule has 0 aliphatic rings. The molecule has 150 valence electrons. The van der Waals surface area contributed by atoms with Crippen LogP contribution in [0.3, 0.4) is 0 Å². The minimum Gasteiger partial charge on any atom is -0.497 e. The molecule has 4 rings (SSSR count). The maximum absolute atomic E-state index is 13.3. The van der Waals surface area contributed by atoms with Gasteiger partial charge < -0.3 is 14.8 Å². The number of carbonyl (C=O) groups is 1. The lowest BCUT2D eigenvalue weighted by atomic mass is 10.0. The van der Waals surface area contributed by atoms with E-state index in [0.29, 0.717) is 22.7 Å². The number of ether oxygens (including phenoxy) is 2. The second-order valence-electron chi connectivity index (χ2n) is 6.96. The molecule has 0 saturated carbocycles. The summed E-state index contributed by atoms with van der Waals surface area (Å²) >= 11 is 0. The topological polar surface area (TPSA) is 60.5 Å². The van der Waals surface area contributed by atoms with Crippen LogP contribution < -0.4 is 14.8 Å². The molecule has 5 heteroatoms. The lowest BCUT2D eigenvalue weighted by Crippen LogP contribution is -2.14. The van der Waals surface area contributed by atoms with E-state index in [1.807, 2.05) is 61.5 Å². The van der Waals surface area contributed by atoms with Gasteiger partial charge in [-0.2, -0.15) is 0 Å². The Morgan fingerprint density at radius 2 is 1.67 bits per heavy atom. The number of aromatic nitrogens is 1. The number of rotatable bonds is 5. The summed E-state index contributed by atoms with van der Waals surface area (Å²) in [4.78, 5) is 18.0. The monoisotopic (exact) mass is 398 g/mol. The number of methoxy groups -OCH3 is 2. The van der Waals surface area contributed by atoms with E-state index in [2.05, 4.69) is 5.32 Å². The molecule has 0 aliphatic carbocycles. The van der Waals surface area contributed by atoms with Crippen molar-refractivity contribution in [3.05, 3.63) is 83.9 Å². The number of amides is 1. The zero-order valence-corrected chi connectivity index (χ0v) is 17.1. The number of pyridine rings is 1. The van der Waals surface area contributed by atoms with E-state index in [-0.39, 0.29) is 5.91 Å². The van der Waals surface area contributed by atoms with Crippen LogP contribution in [0.2, 0.25) is 0 Å². The summed E-state index contributed by atoms with van der Waals surface area (Å²) in [7, 11) is 3.14. The molecule has 0 spiro atoms. The molecule has 0 unspecified atom stereocenters. The molecule has 0 bridgehead atoms. The number of para-hydroxylation sites is 1. The average Bonchev–Trinajstić information content (AvgIpc) is 2.79. The molecule has 1 aromatic heterocycles. The van der Waals surface area contributed by atoms with E-state index in [1.165, 1.54) is 5.56 Å². The van der Waals surface area contributed by atoms with E-state index in [0.717, 1.165) is 22.2 Å². The summed E-state index contributed by atoms with van der Waals surface area (Å²) < 4.78 is 10.6. The van der Waals surface area contributed by atoms with Gasteiger partial charge in [0, 0.05) is 17.0 Å². The number of fused-ring (bicyclic) bond motifs is 1. The van der Waals surface area contributed by atoms with Gasteiger partial charge in [-0.25, -0.2) is 4.98 Å². The fourth-order valence-electron chi connectivity index (χ4n) is 3.33. The maximum atomic E-state index is 13.3. The Kier molecular flexibility index (Phi) is 5.35. The molecule has 0 aliphatic heterocycles. The van der Waals surface area contributed by atoms with Gasteiger partial charge in [0.1, 0.15) is 11.5 Å². The lowest BCUT2D eigenvalue weighted by molar-refractivity contribution is 0.102. The molecule has 4 aromatic rings. The van der Waals surface area contributed by atoms with Gasteiger partial charge in [-0.1, -0.05) is 48.0 Å². The van der Waals surface area contributed by atoms with Gasteiger partial charge in [-0.15, -0.1) is 0 Å². The fraction of sp³-hybridized carbons (Fsp3) is 0.120. The number of hydrogen-bond acceptors (Lipinski definition) is 4. The number of benzene rings is 3. The maximum Gasteiger partial charge on any atom is 0.256 e. The van der Waals surface area contributed by atoms with Crippen molar-refractivity contribution in [1.29, 1.82) is 0 Å². The summed E-state index contributed by atoms with van der Waals surface area (Å²) in [5.41, 5.74) is 4.77. The molecule has 1 amide bonds. The minimum absolute atomic E-state index is 0.231. The number of aryl methyl sites for hydroxylation is 1. The third-order valence-electron chi connectivity index (χ3n) is 4.97. The van der Waals surface area contributed by atoms with Gasteiger partial charge in [0.15, 0.2) is 0 Å². The average molecular weight is 398 g/mol. The van der Waals surface area contributed by atoms with Crippen LogP contribution >= 0.6 is 0 Å². The van der Waals surface area contributed by atoms with Crippen molar-refractivity contribution in [2.75, 3.05) is 19.5 Å². The van der Waals surface area contributed by atoms with Gasteiger partial charge in [-0.05, 0) is 31.2 Å². The zero-order chi connectivity index (χ0) is 21.1. The van der Waals surface area contributed by atoms with E-state index in [1.54, 1.807) is 32.4 Å². The molecular formula is C25H22N2O3. The van der Waals surface area contributed by atoms with Crippen LogP contribution in [-0.2, 0) is 0 Å². The van der Waals surface area contributed by atoms with Crippen molar-refractivity contribution in [3.63, 3.8) is 0 Å². The number of nitrogens with one attached hydrogen (secondary N) is 1. The lowest BCUT2D eigenvalue weighted by Gasteiger charge is -2.13. The Bertz CT molecular complexity index is 1220. The second-order valence-corrected chi connectivity index (χ2v) is 6.96. The first-order chi connectivity index (χ1) is 14.6. The van der Waals surface area contributed by atoms with Crippen LogP contribution in [0.25, 0.3) is 22.2 Å². The molecule has 1 heterocycles. The highest BCUT2D eigenvalue weighted by Crippen LogP contribution is 2.31. The van der Waals surface area contributed by atoms with Crippen molar-refractivity contribution in [3.8, 4) is 22.8 Å². The van der Waals surface area contributed by atoms with Crippen molar-refractivity contribution >= 4 is 22.5 Å². The van der Waals surface area contributed by atoms with Gasteiger partial charge in [-0.3, -0.25) is 4.79 Å². The predicted molar refractivity (Wildman–Crippen MR) is 119 cm³/mol. The highest BCUT2D eigenvalue weighted by molar-refractivity contribution is 6.13. The van der Waals surface area contributed by atoms with Crippen LogP contribution in [0.4, 0.5) is 5.69 Å². The molecular weight excluding hydrogens is 376 g/mol. The SMILES string of the molecule is COc1ccc(NC(=O)c2cc(-c3ccc(C)cc3)nc3ccccc23)c(OC)c1. The Balaban J connectivity index is 1.77. The van der Waals surface area contributed by atoms with Crippen LogP contribution in [0.5, 0.6) is 11.5 Å². The van der Waals surface area contributed by atoms with Gasteiger partial charge >= 0.3 is 0 Å².